The van der Waals surface area contributed by atoms with Gasteiger partial charge in [0.05, 0.1) is 11.9 Å². The van der Waals surface area contributed by atoms with Gasteiger partial charge in [-0.3, -0.25) is 9.47 Å². The van der Waals surface area contributed by atoms with Gasteiger partial charge in [0, 0.05) is 44.5 Å². The number of halogens is 1. The van der Waals surface area contributed by atoms with Crippen molar-refractivity contribution in [3.63, 3.8) is 0 Å². The summed E-state index contributed by atoms with van der Waals surface area (Å²) in [6, 6.07) is 1.71. The minimum absolute atomic E-state index is 0.0162. The Morgan fingerprint density at radius 3 is 2.80 bits per heavy atom. The number of imidazole rings is 1. The molecular formula is C24H30FN7O3. The van der Waals surface area contributed by atoms with Crippen molar-refractivity contribution < 1.29 is 19.0 Å². The zero-order valence-corrected chi connectivity index (χ0v) is 20.2. The van der Waals surface area contributed by atoms with Crippen molar-refractivity contribution in [2.45, 2.75) is 58.3 Å². The summed E-state index contributed by atoms with van der Waals surface area (Å²) in [5.41, 5.74) is 2.65. The number of carbonyl (C=O) groups is 1. The lowest BCUT2D eigenvalue weighted by molar-refractivity contribution is -0.0298. The third-order valence-electron chi connectivity index (χ3n) is 7.04. The fourth-order valence-corrected chi connectivity index (χ4v) is 5.14. The van der Waals surface area contributed by atoms with Gasteiger partial charge >= 0.3 is 6.09 Å². The van der Waals surface area contributed by atoms with Gasteiger partial charge in [0.2, 0.25) is 5.95 Å². The normalized spacial score (nSPS) is 22.5. The van der Waals surface area contributed by atoms with E-state index in [2.05, 4.69) is 24.8 Å². The molecule has 2 fully saturated rings. The smallest absolute Gasteiger partial charge is 0.407 e. The van der Waals surface area contributed by atoms with E-state index in [1.54, 1.807) is 25.5 Å². The van der Waals surface area contributed by atoms with Crippen LogP contribution in [-0.4, -0.2) is 77.8 Å². The molecule has 1 N–H and O–H groups in total. The van der Waals surface area contributed by atoms with Gasteiger partial charge in [-0.15, -0.1) is 0 Å². The Balaban J connectivity index is 1.50. The van der Waals surface area contributed by atoms with E-state index in [9.17, 15) is 9.90 Å². The lowest BCUT2D eigenvalue weighted by atomic mass is 10.0. The number of piperazine rings is 1. The maximum atomic E-state index is 15.1. The highest BCUT2D eigenvalue weighted by atomic mass is 19.1. The first-order valence-corrected chi connectivity index (χ1v) is 12.1. The highest BCUT2D eigenvalue weighted by Crippen LogP contribution is 2.33. The predicted octanol–water partition coefficient (Wildman–Crippen LogP) is 3.78. The Labute approximate surface area is 202 Å². The molecule has 0 bridgehead atoms. The first-order chi connectivity index (χ1) is 16.8. The van der Waals surface area contributed by atoms with Crippen molar-refractivity contribution in [3.05, 3.63) is 35.9 Å². The predicted molar refractivity (Wildman–Crippen MR) is 126 cm³/mol. The summed E-state index contributed by atoms with van der Waals surface area (Å²) in [4.78, 5) is 32.7. The molecular weight excluding hydrogens is 453 g/mol. The molecule has 0 saturated carbocycles. The molecule has 5 heterocycles. The minimum atomic E-state index is -0.906. The third-order valence-corrected chi connectivity index (χ3v) is 7.04. The van der Waals surface area contributed by atoms with Crippen LogP contribution in [0.15, 0.2) is 18.6 Å². The van der Waals surface area contributed by atoms with Crippen molar-refractivity contribution >= 4 is 17.3 Å². The van der Waals surface area contributed by atoms with Crippen LogP contribution in [-0.2, 0) is 4.74 Å². The van der Waals surface area contributed by atoms with Crippen molar-refractivity contribution in [2.24, 2.45) is 0 Å². The number of hydrogen-bond acceptors (Lipinski definition) is 7. The molecule has 10 nitrogen and oxygen atoms in total. The van der Waals surface area contributed by atoms with Gasteiger partial charge < -0.3 is 14.7 Å². The summed E-state index contributed by atoms with van der Waals surface area (Å²) >= 11 is 0. The highest BCUT2D eigenvalue weighted by molar-refractivity contribution is 5.87. The molecule has 3 aromatic rings. The molecule has 2 aliphatic rings. The third kappa shape index (κ3) is 4.45. The Morgan fingerprint density at radius 2 is 2.09 bits per heavy atom. The first kappa shape index (κ1) is 23.6. The monoisotopic (exact) mass is 483 g/mol. The number of nitrogens with zero attached hydrogens (tertiary/aromatic N) is 7. The topological polar surface area (TPSA) is 110 Å². The maximum absolute atomic E-state index is 15.1. The van der Waals surface area contributed by atoms with E-state index < -0.39 is 12.0 Å². The van der Waals surface area contributed by atoms with Crippen LogP contribution in [0.25, 0.3) is 22.4 Å². The number of amides is 1. The average Bonchev–Trinajstić information content (AvgIpc) is 3.27. The van der Waals surface area contributed by atoms with Crippen molar-refractivity contribution in [1.82, 2.24) is 34.3 Å². The molecule has 35 heavy (non-hydrogen) atoms. The van der Waals surface area contributed by atoms with E-state index in [1.807, 2.05) is 18.4 Å². The van der Waals surface area contributed by atoms with Gasteiger partial charge in [-0.1, -0.05) is 0 Å². The fourth-order valence-electron chi connectivity index (χ4n) is 5.14. The largest absolute Gasteiger partial charge is 0.465 e. The molecule has 0 aromatic carbocycles. The molecule has 3 atom stereocenters. The minimum Gasteiger partial charge on any atom is -0.465 e. The molecule has 186 valence electrons. The molecule has 1 amide bonds. The van der Waals surface area contributed by atoms with Gasteiger partial charge in [0.1, 0.15) is 23.3 Å². The second kappa shape index (κ2) is 9.46. The molecule has 0 radical (unpaired) electrons. The molecule has 2 aliphatic heterocycles. The van der Waals surface area contributed by atoms with Gasteiger partial charge in [-0.05, 0) is 51.7 Å². The van der Waals surface area contributed by atoms with Crippen LogP contribution in [0, 0.1) is 12.9 Å². The van der Waals surface area contributed by atoms with Crippen LogP contribution in [0.5, 0.6) is 0 Å². The van der Waals surface area contributed by atoms with E-state index in [0.29, 0.717) is 48.9 Å². The summed E-state index contributed by atoms with van der Waals surface area (Å²) in [6.07, 6.45) is 5.17. The summed E-state index contributed by atoms with van der Waals surface area (Å²) in [6.45, 7) is 7.94. The van der Waals surface area contributed by atoms with Gasteiger partial charge in [-0.25, -0.2) is 24.7 Å². The van der Waals surface area contributed by atoms with Crippen LogP contribution >= 0.6 is 0 Å². The molecule has 3 aromatic heterocycles. The van der Waals surface area contributed by atoms with Gasteiger partial charge in [0.15, 0.2) is 5.65 Å². The summed E-state index contributed by atoms with van der Waals surface area (Å²) in [5, 5.41) is 9.31. The number of hydrogen-bond donors (Lipinski definition) is 1. The second-order valence-electron chi connectivity index (χ2n) is 9.36. The summed E-state index contributed by atoms with van der Waals surface area (Å²) in [7, 11) is 0. The number of carboxylic acid groups (broad SMARTS) is 1. The Bertz CT molecular complexity index is 1240. The molecule has 11 heteroatoms. The van der Waals surface area contributed by atoms with Crippen LogP contribution in [0.3, 0.4) is 0 Å². The van der Waals surface area contributed by atoms with E-state index in [-0.39, 0.29) is 23.9 Å². The van der Waals surface area contributed by atoms with Crippen molar-refractivity contribution in [2.75, 3.05) is 26.2 Å². The number of pyridine rings is 1. The number of fused-ring (bicyclic) bond motifs is 1. The van der Waals surface area contributed by atoms with E-state index >= 15 is 4.39 Å². The number of aromatic nitrogens is 5. The van der Waals surface area contributed by atoms with Crippen LogP contribution in [0.4, 0.5) is 9.18 Å². The van der Waals surface area contributed by atoms with Gasteiger partial charge in [0.25, 0.3) is 0 Å². The zero-order valence-electron chi connectivity index (χ0n) is 20.2. The standard InChI is InChI=1S/C24H30FN7O3/c1-14-12-30(24(33)34)7-8-31(14)15(2)17-10-18(22(25)26-11-17)20-21-23(29-16(3)28-20)32(13-27-21)19-6-4-5-9-35-19/h10-11,13-15,19H,4-9,12H2,1-3H3,(H,33,34)/t14?,15-,19?/m1/s1. The SMILES string of the molecule is Cc1nc(-c2cc([C@@H](C)N3CCN(C(=O)O)CC3C)cnc2F)c2ncn(C3CCCCO3)c2n1. The van der Waals surface area contributed by atoms with E-state index in [1.165, 1.54) is 4.90 Å². The van der Waals surface area contributed by atoms with E-state index in [4.69, 9.17) is 4.74 Å². The molecule has 5 rings (SSSR count). The summed E-state index contributed by atoms with van der Waals surface area (Å²) in [5.74, 6) is -0.103. The number of aryl methyl sites for hydroxylation is 1. The van der Waals surface area contributed by atoms with Gasteiger partial charge in [-0.2, -0.15) is 4.39 Å². The molecule has 2 saturated heterocycles. The summed E-state index contributed by atoms with van der Waals surface area (Å²) < 4.78 is 22.9. The Morgan fingerprint density at radius 1 is 1.26 bits per heavy atom. The first-order valence-electron chi connectivity index (χ1n) is 12.1. The second-order valence-corrected chi connectivity index (χ2v) is 9.36. The highest BCUT2D eigenvalue weighted by Gasteiger charge is 2.31. The van der Waals surface area contributed by atoms with E-state index in [0.717, 1.165) is 24.8 Å². The molecule has 2 unspecified atom stereocenters. The number of ether oxygens (including phenoxy) is 1. The average molecular weight is 484 g/mol. The van der Waals surface area contributed by atoms with Crippen molar-refractivity contribution in [3.8, 4) is 11.3 Å². The zero-order chi connectivity index (χ0) is 24.7. The Hall–Kier alpha value is -3.18. The van der Waals surface area contributed by atoms with Crippen molar-refractivity contribution in [1.29, 1.82) is 0 Å². The quantitative estimate of drug-likeness (QED) is 0.559. The number of rotatable bonds is 4. The van der Waals surface area contributed by atoms with Crippen LogP contribution in [0.2, 0.25) is 0 Å². The maximum Gasteiger partial charge on any atom is 0.407 e. The fraction of sp³-hybridized carbons (Fsp3) is 0.542. The Kier molecular flexibility index (Phi) is 6.37. The van der Waals surface area contributed by atoms with Crippen LogP contribution < -0.4 is 0 Å². The lowest BCUT2D eigenvalue weighted by Crippen LogP contribution is -2.53. The molecule has 0 aliphatic carbocycles. The van der Waals surface area contributed by atoms with Crippen LogP contribution in [0.1, 0.15) is 56.8 Å². The molecule has 0 spiro atoms. The lowest BCUT2D eigenvalue weighted by Gasteiger charge is -2.42.